The van der Waals surface area contributed by atoms with Crippen molar-refractivity contribution in [1.29, 1.82) is 0 Å². The molecule has 0 aliphatic heterocycles. The molecule has 0 spiro atoms. The second-order valence-electron chi connectivity index (χ2n) is 7.19. The van der Waals surface area contributed by atoms with Gasteiger partial charge in [-0.05, 0) is 0 Å². The molecule has 0 saturated heterocycles. The first-order valence-electron chi connectivity index (χ1n) is 9.05. The van der Waals surface area contributed by atoms with Crippen molar-refractivity contribution in [3.05, 3.63) is 108 Å². The number of allylic oxidation sites excluding steroid dienone is 8. The van der Waals surface area contributed by atoms with Crippen LogP contribution in [0, 0.1) is 13.8 Å². The van der Waals surface area contributed by atoms with Gasteiger partial charge in [0, 0.05) is 0 Å². The number of aryl methyl sites for hydroxylation is 2. The summed E-state index contributed by atoms with van der Waals surface area (Å²) >= 11 is -3.08. The quantitative estimate of drug-likeness (QED) is 0.655. The standard InChI is InChI=1S/2C7H7.2C5H5.Zr/c2*1-7-5-3-2-4-6-7;2*1-2-4-5-3-1;/h2*3-6H,1H3;2*1-5H;. The number of hydrogen-bond donors (Lipinski definition) is 0. The van der Waals surface area contributed by atoms with Gasteiger partial charge in [0.1, 0.15) is 0 Å². The van der Waals surface area contributed by atoms with Gasteiger partial charge in [-0.3, -0.25) is 0 Å². The summed E-state index contributed by atoms with van der Waals surface area (Å²) in [5, 5.41) is 0. The Morgan fingerprint density at radius 3 is 1.16 bits per heavy atom. The van der Waals surface area contributed by atoms with Gasteiger partial charge in [0.25, 0.3) is 0 Å². The molecule has 0 saturated carbocycles. The third-order valence-electron chi connectivity index (χ3n) is 5.61. The molecule has 0 bridgehead atoms. The molecule has 1 heteroatoms. The van der Waals surface area contributed by atoms with E-state index in [9.17, 15) is 0 Å². The Hall–Kier alpha value is -1.72. The van der Waals surface area contributed by atoms with E-state index < -0.39 is 20.3 Å². The fourth-order valence-electron chi connectivity index (χ4n) is 4.29. The summed E-state index contributed by atoms with van der Waals surface area (Å²) < 4.78 is 4.28. The van der Waals surface area contributed by atoms with Gasteiger partial charge >= 0.3 is 156 Å². The van der Waals surface area contributed by atoms with Crippen LogP contribution in [-0.4, -0.2) is 0 Å². The van der Waals surface area contributed by atoms with Crippen molar-refractivity contribution in [2.75, 3.05) is 0 Å². The molecule has 0 fully saturated rings. The minimum atomic E-state index is -3.08. The van der Waals surface area contributed by atoms with Gasteiger partial charge in [0.05, 0.1) is 0 Å². The average Bonchev–Trinajstić information content (AvgIpc) is 3.33. The van der Waals surface area contributed by atoms with Gasteiger partial charge in [-0.15, -0.1) is 0 Å². The summed E-state index contributed by atoms with van der Waals surface area (Å²) in [5.74, 6) is 0. The van der Waals surface area contributed by atoms with Crippen molar-refractivity contribution in [2.24, 2.45) is 0 Å². The Balaban J connectivity index is 2.00. The van der Waals surface area contributed by atoms with Crippen LogP contribution in [0.1, 0.15) is 11.1 Å². The molecule has 0 aromatic heterocycles. The zero-order valence-corrected chi connectivity index (χ0v) is 17.4. The Bertz CT molecular complexity index is 764. The van der Waals surface area contributed by atoms with Crippen LogP contribution in [0.2, 0.25) is 7.25 Å². The maximum absolute atomic E-state index is 3.08. The second kappa shape index (κ2) is 6.89. The van der Waals surface area contributed by atoms with Gasteiger partial charge in [0.2, 0.25) is 0 Å². The topological polar surface area (TPSA) is 0 Å². The zero-order chi connectivity index (χ0) is 17.3. The van der Waals surface area contributed by atoms with E-state index in [1.165, 1.54) is 11.1 Å². The maximum atomic E-state index is 2.44. The van der Waals surface area contributed by atoms with Gasteiger partial charge in [-0.2, -0.15) is 0 Å². The average molecular weight is 404 g/mol. The van der Waals surface area contributed by atoms with Crippen molar-refractivity contribution in [2.45, 2.75) is 21.1 Å². The second-order valence-corrected chi connectivity index (χ2v) is 17.6. The molecular weight excluding hydrogens is 379 g/mol. The molecule has 25 heavy (non-hydrogen) atoms. The van der Waals surface area contributed by atoms with Crippen LogP contribution in [0.4, 0.5) is 0 Å². The molecule has 2 aliphatic rings. The van der Waals surface area contributed by atoms with Crippen LogP contribution < -0.4 is 6.54 Å². The van der Waals surface area contributed by atoms with Crippen LogP contribution in [0.5, 0.6) is 0 Å². The van der Waals surface area contributed by atoms with Crippen molar-refractivity contribution < 1.29 is 20.3 Å². The van der Waals surface area contributed by atoms with E-state index in [4.69, 9.17) is 0 Å². The number of hydrogen-bond acceptors (Lipinski definition) is 0. The molecule has 2 aliphatic carbocycles. The van der Waals surface area contributed by atoms with Crippen LogP contribution in [0.15, 0.2) is 97.1 Å². The normalized spacial score (nSPS) is 17.0. The number of benzene rings is 2. The summed E-state index contributed by atoms with van der Waals surface area (Å²) in [5.41, 5.74) is 2.67. The van der Waals surface area contributed by atoms with Crippen LogP contribution >= 0.6 is 0 Å². The van der Waals surface area contributed by atoms with Gasteiger partial charge in [-0.1, -0.05) is 0 Å². The fourth-order valence-corrected chi connectivity index (χ4v) is 17.6. The van der Waals surface area contributed by atoms with Crippen molar-refractivity contribution in [1.82, 2.24) is 0 Å². The van der Waals surface area contributed by atoms with Crippen LogP contribution in [-0.2, 0) is 20.3 Å². The Labute approximate surface area is 155 Å². The molecule has 124 valence electrons. The van der Waals surface area contributed by atoms with Crippen molar-refractivity contribution in [3.8, 4) is 0 Å². The predicted octanol–water partition coefficient (Wildman–Crippen LogP) is 5.24. The third kappa shape index (κ3) is 2.89. The Morgan fingerprint density at radius 2 is 0.840 bits per heavy atom. The van der Waals surface area contributed by atoms with Crippen molar-refractivity contribution >= 4 is 6.54 Å². The van der Waals surface area contributed by atoms with Crippen LogP contribution in [0.25, 0.3) is 0 Å². The molecule has 0 atom stereocenters. The monoisotopic (exact) mass is 402 g/mol. The SMILES string of the molecule is Cc1cc[c]([Zr]([c]2ccc(C)cc2)([CH]2C=CC=C2)[CH]2C=CC=C2)cc1. The van der Waals surface area contributed by atoms with Gasteiger partial charge < -0.3 is 0 Å². The van der Waals surface area contributed by atoms with Gasteiger partial charge in [-0.25, -0.2) is 0 Å². The first-order valence-corrected chi connectivity index (χ1v) is 14.3. The molecule has 0 N–H and O–H groups in total. The summed E-state index contributed by atoms with van der Waals surface area (Å²) in [7, 11) is 0. The van der Waals surface area contributed by atoms with E-state index >= 15 is 0 Å². The van der Waals surface area contributed by atoms with E-state index in [2.05, 4.69) is 111 Å². The summed E-state index contributed by atoms with van der Waals surface area (Å²) in [6.07, 6.45) is 18.7. The fraction of sp³-hybridized carbons (Fsp3) is 0.167. The zero-order valence-electron chi connectivity index (χ0n) is 14.9. The molecule has 4 rings (SSSR count). The Kier molecular flexibility index (Phi) is 4.61. The molecule has 0 heterocycles. The first-order chi connectivity index (χ1) is 12.2. The minimum absolute atomic E-state index is 0.553. The molecule has 0 radical (unpaired) electrons. The van der Waals surface area contributed by atoms with E-state index in [-0.39, 0.29) is 0 Å². The van der Waals surface area contributed by atoms with Crippen LogP contribution in [0.3, 0.4) is 0 Å². The summed E-state index contributed by atoms with van der Waals surface area (Å²) in [6, 6.07) is 18.8. The molecule has 0 nitrogen and oxygen atoms in total. The predicted molar refractivity (Wildman–Crippen MR) is 106 cm³/mol. The molecular formula is C24H24Zr. The van der Waals surface area contributed by atoms with E-state index in [0.29, 0.717) is 7.25 Å². The van der Waals surface area contributed by atoms with E-state index in [1.54, 1.807) is 6.54 Å². The summed E-state index contributed by atoms with van der Waals surface area (Å²) in [4.78, 5) is 0. The van der Waals surface area contributed by atoms with E-state index in [0.717, 1.165) is 0 Å². The summed E-state index contributed by atoms with van der Waals surface area (Å²) in [6.45, 7) is 4.36. The number of rotatable bonds is 4. The van der Waals surface area contributed by atoms with Gasteiger partial charge in [0.15, 0.2) is 0 Å². The Morgan fingerprint density at radius 1 is 0.520 bits per heavy atom. The van der Waals surface area contributed by atoms with E-state index in [1.807, 2.05) is 0 Å². The first kappa shape index (κ1) is 16.7. The third-order valence-corrected chi connectivity index (χ3v) is 19.0. The molecule has 0 amide bonds. The molecule has 0 unspecified atom stereocenters. The molecule has 2 aromatic carbocycles. The van der Waals surface area contributed by atoms with Crippen molar-refractivity contribution in [3.63, 3.8) is 0 Å². The molecule has 2 aromatic rings.